The predicted octanol–water partition coefficient (Wildman–Crippen LogP) is 2.67. The molecule has 0 saturated heterocycles. The van der Waals surface area contributed by atoms with Gasteiger partial charge in [0.2, 0.25) is 5.91 Å². The molecule has 1 aliphatic rings. The highest BCUT2D eigenvalue weighted by atomic mass is 16.4. The SMILES string of the molecule is O=C(O)[C@@H]1CC[C@H](C(=O)Nc2cccc3ncccc23)C1. The molecule has 0 radical (unpaired) electrons. The lowest BCUT2D eigenvalue weighted by molar-refractivity contribution is -0.141. The van der Waals surface area contributed by atoms with E-state index in [0.29, 0.717) is 19.3 Å². The van der Waals surface area contributed by atoms with Crippen LogP contribution in [0.15, 0.2) is 36.5 Å². The molecule has 1 amide bonds. The van der Waals surface area contributed by atoms with Gasteiger partial charge in [-0.3, -0.25) is 14.6 Å². The van der Waals surface area contributed by atoms with E-state index in [9.17, 15) is 9.59 Å². The number of aliphatic carboxylic acids is 1. The first-order valence-electron chi connectivity index (χ1n) is 7.02. The van der Waals surface area contributed by atoms with Gasteiger partial charge in [-0.15, -0.1) is 0 Å². The number of fused-ring (bicyclic) bond motifs is 1. The van der Waals surface area contributed by atoms with Crippen LogP contribution in [0.25, 0.3) is 10.9 Å². The molecule has 1 fully saturated rings. The molecule has 108 valence electrons. The van der Waals surface area contributed by atoms with Crippen LogP contribution in [-0.4, -0.2) is 22.0 Å². The maximum Gasteiger partial charge on any atom is 0.306 e. The van der Waals surface area contributed by atoms with Crippen molar-refractivity contribution in [3.05, 3.63) is 36.5 Å². The summed E-state index contributed by atoms with van der Waals surface area (Å²) in [4.78, 5) is 27.5. The van der Waals surface area contributed by atoms with Gasteiger partial charge in [0.05, 0.1) is 17.1 Å². The normalized spacial score (nSPS) is 21.3. The van der Waals surface area contributed by atoms with Gasteiger partial charge in [0.15, 0.2) is 0 Å². The second-order valence-corrected chi connectivity index (χ2v) is 5.41. The van der Waals surface area contributed by atoms with Gasteiger partial charge >= 0.3 is 5.97 Å². The molecular weight excluding hydrogens is 268 g/mol. The average Bonchev–Trinajstić information content (AvgIpc) is 2.98. The first kappa shape index (κ1) is 13.5. The standard InChI is InChI=1S/C16H16N2O3/c19-15(10-6-7-11(9-10)16(20)21)18-14-5-1-4-13-12(14)3-2-8-17-13/h1-5,8,10-11H,6-7,9H2,(H,18,19)(H,20,21)/t10-,11+/m0/s1. The molecule has 0 bridgehead atoms. The molecule has 1 aromatic heterocycles. The zero-order chi connectivity index (χ0) is 14.8. The van der Waals surface area contributed by atoms with Crippen LogP contribution in [0.2, 0.25) is 0 Å². The van der Waals surface area contributed by atoms with Gasteiger partial charge in [0.25, 0.3) is 0 Å². The third kappa shape index (κ3) is 2.72. The number of pyridine rings is 1. The molecule has 0 aliphatic heterocycles. The number of carboxylic acid groups (broad SMARTS) is 1. The van der Waals surface area contributed by atoms with E-state index in [4.69, 9.17) is 5.11 Å². The minimum Gasteiger partial charge on any atom is -0.481 e. The summed E-state index contributed by atoms with van der Waals surface area (Å²) in [5, 5.41) is 12.8. The first-order valence-corrected chi connectivity index (χ1v) is 7.02. The van der Waals surface area contributed by atoms with Gasteiger partial charge in [0, 0.05) is 17.5 Å². The molecule has 2 aromatic rings. The molecule has 3 rings (SSSR count). The van der Waals surface area contributed by atoms with Gasteiger partial charge < -0.3 is 10.4 Å². The maximum atomic E-state index is 12.3. The van der Waals surface area contributed by atoms with E-state index in [0.717, 1.165) is 16.6 Å². The quantitative estimate of drug-likeness (QED) is 0.908. The zero-order valence-electron chi connectivity index (χ0n) is 11.5. The summed E-state index contributed by atoms with van der Waals surface area (Å²) in [6.07, 6.45) is 3.34. The lowest BCUT2D eigenvalue weighted by Gasteiger charge is -2.12. The van der Waals surface area contributed by atoms with Crippen molar-refractivity contribution in [1.82, 2.24) is 4.98 Å². The van der Waals surface area contributed by atoms with Crippen LogP contribution in [0.4, 0.5) is 5.69 Å². The third-order valence-corrected chi connectivity index (χ3v) is 4.06. The van der Waals surface area contributed by atoms with Gasteiger partial charge in [-0.1, -0.05) is 6.07 Å². The second kappa shape index (κ2) is 5.52. The number of hydrogen-bond acceptors (Lipinski definition) is 3. The Hall–Kier alpha value is -2.43. The molecule has 1 saturated carbocycles. The van der Waals surface area contributed by atoms with Crippen molar-refractivity contribution >= 4 is 28.5 Å². The van der Waals surface area contributed by atoms with Gasteiger partial charge in [-0.2, -0.15) is 0 Å². The van der Waals surface area contributed by atoms with Crippen molar-refractivity contribution in [3.63, 3.8) is 0 Å². The number of anilines is 1. The topological polar surface area (TPSA) is 79.3 Å². The predicted molar refractivity (Wildman–Crippen MR) is 78.8 cm³/mol. The minimum absolute atomic E-state index is 0.102. The number of aromatic nitrogens is 1. The summed E-state index contributed by atoms with van der Waals surface area (Å²) in [7, 11) is 0. The Balaban J connectivity index is 1.77. The molecule has 21 heavy (non-hydrogen) atoms. The minimum atomic E-state index is -0.806. The highest BCUT2D eigenvalue weighted by molar-refractivity contribution is 6.01. The van der Waals surface area contributed by atoms with Crippen LogP contribution in [0.1, 0.15) is 19.3 Å². The lowest BCUT2D eigenvalue weighted by Crippen LogP contribution is -2.21. The Morgan fingerprint density at radius 2 is 1.95 bits per heavy atom. The van der Waals surface area contributed by atoms with Crippen LogP contribution in [-0.2, 0) is 9.59 Å². The second-order valence-electron chi connectivity index (χ2n) is 5.41. The molecule has 2 N–H and O–H groups in total. The van der Waals surface area contributed by atoms with Crippen LogP contribution >= 0.6 is 0 Å². The van der Waals surface area contributed by atoms with Crippen molar-refractivity contribution in [2.45, 2.75) is 19.3 Å². The number of amides is 1. The van der Waals surface area contributed by atoms with Crippen LogP contribution in [0, 0.1) is 11.8 Å². The molecule has 5 heteroatoms. The smallest absolute Gasteiger partial charge is 0.306 e. The number of carboxylic acids is 1. The van der Waals surface area contributed by atoms with Crippen molar-refractivity contribution < 1.29 is 14.7 Å². The first-order chi connectivity index (χ1) is 10.1. The highest BCUT2D eigenvalue weighted by Gasteiger charge is 2.33. The van der Waals surface area contributed by atoms with Gasteiger partial charge in [-0.25, -0.2) is 0 Å². The monoisotopic (exact) mass is 284 g/mol. The summed E-state index contributed by atoms with van der Waals surface area (Å²) in [6, 6.07) is 9.31. The molecule has 1 aliphatic carbocycles. The van der Waals surface area contributed by atoms with E-state index in [1.54, 1.807) is 6.20 Å². The Morgan fingerprint density at radius 3 is 2.71 bits per heavy atom. The summed E-state index contributed by atoms with van der Waals surface area (Å²) < 4.78 is 0. The number of carbonyl (C=O) groups is 2. The molecule has 1 heterocycles. The number of carbonyl (C=O) groups excluding carboxylic acids is 1. The van der Waals surface area contributed by atoms with E-state index >= 15 is 0 Å². The van der Waals surface area contributed by atoms with Crippen LogP contribution in [0.5, 0.6) is 0 Å². The van der Waals surface area contributed by atoms with Crippen molar-refractivity contribution in [1.29, 1.82) is 0 Å². The Labute approximate surface area is 122 Å². The van der Waals surface area contributed by atoms with E-state index < -0.39 is 11.9 Å². The number of nitrogens with one attached hydrogen (secondary N) is 1. The number of rotatable bonds is 3. The van der Waals surface area contributed by atoms with Gasteiger partial charge in [-0.05, 0) is 43.5 Å². The van der Waals surface area contributed by atoms with Crippen molar-refractivity contribution in [2.75, 3.05) is 5.32 Å². The Morgan fingerprint density at radius 1 is 1.14 bits per heavy atom. The fraction of sp³-hybridized carbons (Fsp3) is 0.312. The summed E-state index contributed by atoms with van der Waals surface area (Å²) >= 11 is 0. The van der Waals surface area contributed by atoms with E-state index in [-0.39, 0.29) is 11.8 Å². The molecule has 1 aromatic carbocycles. The zero-order valence-corrected chi connectivity index (χ0v) is 11.5. The Bertz CT molecular complexity index is 693. The fourth-order valence-corrected chi connectivity index (χ4v) is 2.89. The van der Waals surface area contributed by atoms with Crippen molar-refractivity contribution in [3.8, 4) is 0 Å². The van der Waals surface area contributed by atoms with E-state index in [2.05, 4.69) is 10.3 Å². The fourth-order valence-electron chi connectivity index (χ4n) is 2.89. The van der Waals surface area contributed by atoms with Gasteiger partial charge in [0.1, 0.15) is 0 Å². The van der Waals surface area contributed by atoms with E-state index in [1.165, 1.54) is 0 Å². The lowest BCUT2D eigenvalue weighted by atomic mass is 10.0. The molecule has 2 atom stereocenters. The highest BCUT2D eigenvalue weighted by Crippen LogP contribution is 2.32. The molecule has 5 nitrogen and oxygen atoms in total. The third-order valence-electron chi connectivity index (χ3n) is 4.06. The summed E-state index contributed by atoms with van der Waals surface area (Å²) in [5.41, 5.74) is 1.55. The van der Waals surface area contributed by atoms with Crippen LogP contribution < -0.4 is 5.32 Å². The number of benzene rings is 1. The number of nitrogens with zero attached hydrogens (tertiary/aromatic N) is 1. The molecular formula is C16H16N2O3. The van der Waals surface area contributed by atoms with E-state index in [1.807, 2.05) is 30.3 Å². The maximum absolute atomic E-state index is 12.3. The summed E-state index contributed by atoms with van der Waals surface area (Å²) in [6.45, 7) is 0. The summed E-state index contributed by atoms with van der Waals surface area (Å²) in [5.74, 6) is -1.53. The van der Waals surface area contributed by atoms with Crippen molar-refractivity contribution in [2.24, 2.45) is 11.8 Å². The molecule has 0 spiro atoms. The largest absolute Gasteiger partial charge is 0.481 e. The van der Waals surface area contributed by atoms with Crippen LogP contribution in [0.3, 0.4) is 0 Å². The molecule has 0 unspecified atom stereocenters. The Kier molecular flexibility index (Phi) is 3.56. The average molecular weight is 284 g/mol. The number of hydrogen-bond donors (Lipinski definition) is 2.